The van der Waals surface area contributed by atoms with E-state index in [9.17, 15) is 5.11 Å². The summed E-state index contributed by atoms with van der Waals surface area (Å²) in [7, 11) is 0. The Bertz CT molecular complexity index is 527. The van der Waals surface area contributed by atoms with Crippen LogP contribution in [0.5, 0.6) is 11.5 Å². The first-order chi connectivity index (χ1) is 8.20. The van der Waals surface area contributed by atoms with Crippen LogP contribution in [0.15, 0.2) is 51.4 Å². The SMILES string of the molecule is OCc1cc(Br)ccc1Oc1ccccc1Br. The van der Waals surface area contributed by atoms with E-state index in [4.69, 9.17) is 4.74 Å². The Morgan fingerprint density at radius 2 is 1.76 bits per heavy atom. The standard InChI is InChI=1S/C13H10Br2O2/c14-10-5-6-12(9(7-10)8-16)17-13-4-2-1-3-11(13)15/h1-7,16H,8H2. The lowest BCUT2D eigenvalue weighted by Crippen LogP contribution is -1.92. The van der Waals surface area contributed by atoms with Gasteiger partial charge in [-0.3, -0.25) is 0 Å². The van der Waals surface area contributed by atoms with Gasteiger partial charge in [-0.25, -0.2) is 0 Å². The number of aliphatic hydroxyl groups excluding tert-OH is 1. The highest BCUT2D eigenvalue weighted by molar-refractivity contribution is 9.10. The third-order valence-corrected chi connectivity index (χ3v) is 3.40. The molecule has 0 aromatic heterocycles. The quantitative estimate of drug-likeness (QED) is 0.876. The Kier molecular flexibility index (Phi) is 4.20. The van der Waals surface area contributed by atoms with Gasteiger partial charge in [0.25, 0.3) is 0 Å². The molecule has 2 aromatic carbocycles. The molecule has 17 heavy (non-hydrogen) atoms. The molecular weight excluding hydrogens is 348 g/mol. The van der Waals surface area contributed by atoms with Crippen molar-refractivity contribution in [1.29, 1.82) is 0 Å². The fraction of sp³-hybridized carbons (Fsp3) is 0.0769. The zero-order valence-electron chi connectivity index (χ0n) is 8.86. The molecule has 2 aromatic rings. The molecule has 0 radical (unpaired) electrons. The lowest BCUT2D eigenvalue weighted by atomic mass is 10.2. The fourth-order valence-corrected chi connectivity index (χ4v) is 2.19. The largest absolute Gasteiger partial charge is 0.456 e. The summed E-state index contributed by atoms with van der Waals surface area (Å²) < 4.78 is 7.56. The van der Waals surface area contributed by atoms with Gasteiger partial charge in [-0.15, -0.1) is 0 Å². The van der Waals surface area contributed by atoms with Crippen LogP contribution in [0.1, 0.15) is 5.56 Å². The van der Waals surface area contributed by atoms with Crippen LogP contribution in [-0.2, 0) is 6.61 Å². The van der Waals surface area contributed by atoms with Crippen molar-refractivity contribution in [2.45, 2.75) is 6.61 Å². The summed E-state index contributed by atoms with van der Waals surface area (Å²) in [5, 5.41) is 9.28. The number of benzene rings is 2. The smallest absolute Gasteiger partial charge is 0.141 e. The molecule has 0 amide bonds. The van der Waals surface area contributed by atoms with Crippen molar-refractivity contribution in [2.75, 3.05) is 0 Å². The number of hydrogen-bond acceptors (Lipinski definition) is 2. The van der Waals surface area contributed by atoms with Crippen molar-refractivity contribution in [3.63, 3.8) is 0 Å². The number of ether oxygens (including phenoxy) is 1. The molecule has 0 fully saturated rings. The molecular formula is C13H10Br2O2. The van der Waals surface area contributed by atoms with Gasteiger partial charge >= 0.3 is 0 Å². The van der Waals surface area contributed by atoms with E-state index >= 15 is 0 Å². The minimum Gasteiger partial charge on any atom is -0.456 e. The van der Waals surface area contributed by atoms with Crippen molar-refractivity contribution >= 4 is 31.9 Å². The summed E-state index contributed by atoms with van der Waals surface area (Å²) in [5.41, 5.74) is 0.745. The molecule has 0 atom stereocenters. The Morgan fingerprint density at radius 1 is 1.00 bits per heavy atom. The third kappa shape index (κ3) is 3.09. The van der Waals surface area contributed by atoms with Gasteiger partial charge in [-0.2, -0.15) is 0 Å². The predicted octanol–water partition coefficient (Wildman–Crippen LogP) is 4.50. The van der Waals surface area contributed by atoms with E-state index in [0.717, 1.165) is 20.3 Å². The number of rotatable bonds is 3. The molecule has 88 valence electrons. The van der Waals surface area contributed by atoms with Gasteiger partial charge in [-0.05, 0) is 46.3 Å². The molecule has 0 aliphatic rings. The number of aliphatic hydroxyl groups is 1. The zero-order chi connectivity index (χ0) is 12.3. The van der Waals surface area contributed by atoms with Crippen LogP contribution in [0, 0.1) is 0 Å². The lowest BCUT2D eigenvalue weighted by Gasteiger charge is -2.11. The average Bonchev–Trinajstić information content (AvgIpc) is 2.34. The molecule has 0 aliphatic carbocycles. The topological polar surface area (TPSA) is 29.5 Å². The molecule has 2 nitrogen and oxygen atoms in total. The minimum atomic E-state index is -0.0563. The normalized spacial score (nSPS) is 10.3. The minimum absolute atomic E-state index is 0.0563. The molecule has 1 N–H and O–H groups in total. The second kappa shape index (κ2) is 5.67. The maximum atomic E-state index is 9.28. The lowest BCUT2D eigenvalue weighted by molar-refractivity contribution is 0.276. The molecule has 0 heterocycles. The van der Waals surface area contributed by atoms with E-state index in [0.29, 0.717) is 5.75 Å². The Morgan fingerprint density at radius 3 is 2.47 bits per heavy atom. The van der Waals surface area contributed by atoms with Crippen molar-refractivity contribution in [1.82, 2.24) is 0 Å². The van der Waals surface area contributed by atoms with Crippen LogP contribution < -0.4 is 4.74 Å². The number of halogens is 2. The van der Waals surface area contributed by atoms with E-state index < -0.39 is 0 Å². The van der Waals surface area contributed by atoms with Gasteiger partial charge in [0.05, 0.1) is 11.1 Å². The van der Waals surface area contributed by atoms with Gasteiger partial charge in [0, 0.05) is 10.0 Å². The first-order valence-electron chi connectivity index (χ1n) is 5.02. The maximum absolute atomic E-state index is 9.28. The summed E-state index contributed by atoms with van der Waals surface area (Å²) >= 11 is 6.78. The fourth-order valence-electron chi connectivity index (χ4n) is 1.42. The highest BCUT2D eigenvalue weighted by Gasteiger charge is 2.06. The van der Waals surface area contributed by atoms with Crippen LogP contribution in [0.2, 0.25) is 0 Å². The Balaban J connectivity index is 2.33. The summed E-state index contributed by atoms with van der Waals surface area (Å²) in [4.78, 5) is 0. The molecule has 0 unspecified atom stereocenters. The second-order valence-corrected chi connectivity index (χ2v) is 5.21. The molecule has 2 rings (SSSR count). The van der Waals surface area contributed by atoms with Gasteiger partial charge in [0.15, 0.2) is 0 Å². The maximum Gasteiger partial charge on any atom is 0.141 e. The highest BCUT2D eigenvalue weighted by Crippen LogP contribution is 2.32. The third-order valence-electron chi connectivity index (χ3n) is 2.25. The summed E-state index contributed by atoms with van der Waals surface area (Å²) in [6.07, 6.45) is 0. The van der Waals surface area contributed by atoms with E-state index in [1.54, 1.807) is 0 Å². The van der Waals surface area contributed by atoms with Crippen molar-refractivity contribution in [2.24, 2.45) is 0 Å². The monoisotopic (exact) mass is 356 g/mol. The van der Waals surface area contributed by atoms with E-state index in [1.165, 1.54) is 0 Å². The highest BCUT2D eigenvalue weighted by atomic mass is 79.9. The summed E-state index contributed by atoms with van der Waals surface area (Å²) in [6, 6.07) is 13.1. The van der Waals surface area contributed by atoms with Crippen LogP contribution in [-0.4, -0.2) is 5.11 Å². The summed E-state index contributed by atoms with van der Waals surface area (Å²) in [5.74, 6) is 1.38. The van der Waals surface area contributed by atoms with Crippen molar-refractivity contribution < 1.29 is 9.84 Å². The molecule has 0 saturated heterocycles. The van der Waals surface area contributed by atoms with Crippen LogP contribution in [0.4, 0.5) is 0 Å². The Labute approximate surface area is 116 Å². The molecule has 4 heteroatoms. The Hall–Kier alpha value is -0.840. The van der Waals surface area contributed by atoms with E-state index in [-0.39, 0.29) is 6.61 Å². The number of para-hydroxylation sites is 1. The number of hydrogen-bond donors (Lipinski definition) is 1. The van der Waals surface area contributed by atoms with Gasteiger partial charge < -0.3 is 9.84 Å². The van der Waals surface area contributed by atoms with E-state index in [2.05, 4.69) is 31.9 Å². The zero-order valence-corrected chi connectivity index (χ0v) is 12.0. The second-order valence-electron chi connectivity index (χ2n) is 3.44. The van der Waals surface area contributed by atoms with Crippen LogP contribution >= 0.6 is 31.9 Å². The molecule has 0 spiro atoms. The van der Waals surface area contributed by atoms with Crippen LogP contribution in [0.3, 0.4) is 0 Å². The molecule has 0 saturated carbocycles. The molecule has 0 bridgehead atoms. The predicted molar refractivity (Wildman–Crippen MR) is 74.3 cm³/mol. The summed E-state index contributed by atoms with van der Waals surface area (Å²) in [6.45, 7) is -0.0563. The van der Waals surface area contributed by atoms with Gasteiger partial charge in [0.1, 0.15) is 11.5 Å². The van der Waals surface area contributed by atoms with Crippen molar-refractivity contribution in [3.05, 3.63) is 57.0 Å². The first kappa shape index (κ1) is 12.6. The molecule has 0 aliphatic heterocycles. The van der Waals surface area contributed by atoms with Gasteiger partial charge in [0.2, 0.25) is 0 Å². The van der Waals surface area contributed by atoms with Crippen LogP contribution in [0.25, 0.3) is 0 Å². The van der Waals surface area contributed by atoms with Gasteiger partial charge in [-0.1, -0.05) is 28.1 Å². The van der Waals surface area contributed by atoms with E-state index in [1.807, 2.05) is 42.5 Å². The average molecular weight is 358 g/mol. The van der Waals surface area contributed by atoms with Crippen molar-refractivity contribution in [3.8, 4) is 11.5 Å². The first-order valence-corrected chi connectivity index (χ1v) is 6.61.